The SMILES string of the molecule is O=C1CCCC2=C1[C@@H](c1ccccc1F)[C@H](C(=O)c1ccc(Br)cc1)O2. The molecular formula is C21H16BrFO3. The van der Waals surface area contributed by atoms with Gasteiger partial charge in [0, 0.05) is 28.5 Å². The Kier molecular flexibility index (Phi) is 4.49. The second-order valence-corrected chi connectivity index (χ2v) is 7.44. The van der Waals surface area contributed by atoms with Gasteiger partial charge >= 0.3 is 0 Å². The molecule has 2 aliphatic rings. The summed E-state index contributed by atoms with van der Waals surface area (Å²) in [6.07, 6.45) is 0.795. The standard InChI is InChI=1S/C21H16BrFO3/c22-13-10-8-12(9-11-13)20(25)21-18(14-4-1-2-5-15(14)23)19-16(24)6-3-7-17(19)26-21/h1-2,4-5,8-11,18,21H,3,6-7H2/t18-,21-/m1/s1. The van der Waals surface area contributed by atoms with Crippen molar-refractivity contribution in [3.05, 3.63) is 81.3 Å². The zero-order valence-electron chi connectivity index (χ0n) is 13.9. The van der Waals surface area contributed by atoms with Crippen molar-refractivity contribution in [2.45, 2.75) is 31.3 Å². The monoisotopic (exact) mass is 414 g/mol. The van der Waals surface area contributed by atoms with Crippen molar-refractivity contribution in [1.82, 2.24) is 0 Å². The average molecular weight is 415 g/mol. The lowest BCUT2D eigenvalue weighted by molar-refractivity contribution is -0.116. The highest BCUT2D eigenvalue weighted by atomic mass is 79.9. The summed E-state index contributed by atoms with van der Waals surface area (Å²) in [6, 6.07) is 13.2. The largest absolute Gasteiger partial charge is 0.485 e. The van der Waals surface area contributed by atoms with Crippen LogP contribution in [0.4, 0.5) is 4.39 Å². The van der Waals surface area contributed by atoms with E-state index < -0.39 is 17.8 Å². The summed E-state index contributed by atoms with van der Waals surface area (Å²) in [7, 11) is 0. The molecule has 4 rings (SSSR count). The van der Waals surface area contributed by atoms with Crippen LogP contribution in [0.25, 0.3) is 0 Å². The zero-order valence-corrected chi connectivity index (χ0v) is 15.5. The highest BCUT2D eigenvalue weighted by molar-refractivity contribution is 9.10. The predicted molar refractivity (Wildman–Crippen MR) is 98.4 cm³/mol. The van der Waals surface area contributed by atoms with Gasteiger partial charge in [-0.15, -0.1) is 0 Å². The number of carbonyl (C=O) groups is 2. The van der Waals surface area contributed by atoms with Crippen LogP contribution in [-0.2, 0) is 9.53 Å². The van der Waals surface area contributed by atoms with E-state index in [0.717, 1.165) is 4.47 Å². The first-order valence-electron chi connectivity index (χ1n) is 8.53. The average Bonchev–Trinajstić information content (AvgIpc) is 3.03. The first-order valence-corrected chi connectivity index (χ1v) is 9.32. The maximum Gasteiger partial charge on any atom is 0.204 e. The molecule has 0 aromatic heterocycles. The second-order valence-electron chi connectivity index (χ2n) is 6.52. The van der Waals surface area contributed by atoms with Gasteiger partial charge in [0.25, 0.3) is 0 Å². The van der Waals surface area contributed by atoms with E-state index in [4.69, 9.17) is 4.74 Å². The Morgan fingerprint density at radius 1 is 1.08 bits per heavy atom. The number of benzene rings is 2. The number of ketones is 2. The molecule has 26 heavy (non-hydrogen) atoms. The van der Waals surface area contributed by atoms with Crippen molar-refractivity contribution >= 4 is 27.5 Å². The van der Waals surface area contributed by atoms with Crippen LogP contribution in [0.5, 0.6) is 0 Å². The predicted octanol–water partition coefficient (Wildman–Crippen LogP) is 4.96. The van der Waals surface area contributed by atoms with Crippen molar-refractivity contribution in [2.24, 2.45) is 0 Å². The van der Waals surface area contributed by atoms with Crippen molar-refractivity contribution in [2.75, 3.05) is 0 Å². The molecule has 0 spiro atoms. The maximum absolute atomic E-state index is 14.5. The molecule has 0 fully saturated rings. The van der Waals surface area contributed by atoms with Gasteiger partial charge in [0.05, 0.1) is 5.92 Å². The van der Waals surface area contributed by atoms with Gasteiger partial charge in [-0.1, -0.05) is 46.3 Å². The van der Waals surface area contributed by atoms with Gasteiger partial charge in [-0.2, -0.15) is 0 Å². The molecular weight excluding hydrogens is 399 g/mol. The third-order valence-electron chi connectivity index (χ3n) is 4.92. The molecule has 3 nitrogen and oxygen atoms in total. The van der Waals surface area contributed by atoms with Crippen LogP contribution in [0.3, 0.4) is 0 Å². The number of allylic oxidation sites excluding steroid dienone is 1. The molecule has 0 saturated heterocycles. The van der Waals surface area contributed by atoms with Gasteiger partial charge in [0.2, 0.25) is 5.78 Å². The first-order chi connectivity index (χ1) is 12.6. The molecule has 0 amide bonds. The summed E-state index contributed by atoms with van der Waals surface area (Å²) in [5, 5.41) is 0. The van der Waals surface area contributed by atoms with Crippen molar-refractivity contribution in [1.29, 1.82) is 0 Å². The summed E-state index contributed by atoms with van der Waals surface area (Å²) in [5.74, 6) is -0.875. The van der Waals surface area contributed by atoms with Crippen LogP contribution >= 0.6 is 15.9 Å². The topological polar surface area (TPSA) is 43.4 Å². The highest BCUT2D eigenvalue weighted by Crippen LogP contribution is 2.45. The Bertz CT molecular complexity index is 917. The summed E-state index contributed by atoms with van der Waals surface area (Å²) in [6.45, 7) is 0. The molecule has 0 radical (unpaired) electrons. The fourth-order valence-corrected chi connectivity index (χ4v) is 3.97. The van der Waals surface area contributed by atoms with Gasteiger partial charge < -0.3 is 4.74 Å². The van der Waals surface area contributed by atoms with E-state index in [1.54, 1.807) is 42.5 Å². The van der Waals surface area contributed by atoms with E-state index >= 15 is 0 Å². The van der Waals surface area contributed by atoms with E-state index in [-0.39, 0.29) is 11.6 Å². The Labute approximate surface area is 159 Å². The molecule has 5 heteroatoms. The van der Waals surface area contributed by atoms with Gasteiger partial charge in [-0.05, 0) is 30.2 Å². The van der Waals surface area contributed by atoms with Crippen molar-refractivity contribution in [3.63, 3.8) is 0 Å². The molecule has 1 aliphatic carbocycles. The van der Waals surface area contributed by atoms with Gasteiger partial charge in [0.15, 0.2) is 11.9 Å². The fraction of sp³-hybridized carbons (Fsp3) is 0.238. The Morgan fingerprint density at radius 2 is 1.81 bits per heavy atom. The van der Waals surface area contributed by atoms with Crippen LogP contribution < -0.4 is 0 Å². The van der Waals surface area contributed by atoms with Crippen molar-refractivity contribution < 1.29 is 18.7 Å². The minimum atomic E-state index is -0.917. The molecule has 2 atom stereocenters. The number of Topliss-reactive ketones (excluding diaryl/α,β-unsaturated/α-hetero) is 2. The van der Waals surface area contributed by atoms with E-state index in [1.807, 2.05) is 0 Å². The normalized spacial score (nSPS) is 22.2. The van der Waals surface area contributed by atoms with E-state index in [0.29, 0.717) is 41.7 Å². The third-order valence-corrected chi connectivity index (χ3v) is 5.45. The second kappa shape index (κ2) is 6.80. The summed E-state index contributed by atoms with van der Waals surface area (Å²) < 4.78 is 21.3. The molecule has 0 saturated carbocycles. The summed E-state index contributed by atoms with van der Waals surface area (Å²) in [5.41, 5.74) is 1.28. The third kappa shape index (κ3) is 2.90. The molecule has 0 unspecified atom stereocenters. The highest BCUT2D eigenvalue weighted by Gasteiger charge is 2.46. The van der Waals surface area contributed by atoms with Crippen molar-refractivity contribution in [3.8, 4) is 0 Å². The minimum Gasteiger partial charge on any atom is -0.485 e. The van der Waals surface area contributed by atoms with Gasteiger partial charge in [-0.25, -0.2) is 4.39 Å². The molecule has 0 N–H and O–H groups in total. The van der Waals surface area contributed by atoms with Crippen LogP contribution in [0.15, 0.2) is 64.3 Å². The smallest absolute Gasteiger partial charge is 0.204 e. The summed E-state index contributed by atoms with van der Waals surface area (Å²) >= 11 is 3.35. The lowest BCUT2D eigenvalue weighted by Crippen LogP contribution is -2.29. The number of hydrogen-bond donors (Lipinski definition) is 0. The maximum atomic E-state index is 14.5. The number of hydrogen-bond acceptors (Lipinski definition) is 3. The fourth-order valence-electron chi connectivity index (χ4n) is 3.71. The Hall–Kier alpha value is -2.27. The lowest BCUT2D eigenvalue weighted by atomic mass is 9.80. The van der Waals surface area contributed by atoms with Crippen LogP contribution in [0.2, 0.25) is 0 Å². The summed E-state index contributed by atoms with van der Waals surface area (Å²) in [4.78, 5) is 25.6. The van der Waals surface area contributed by atoms with Crippen LogP contribution in [-0.4, -0.2) is 17.7 Å². The number of ether oxygens (including phenoxy) is 1. The van der Waals surface area contributed by atoms with Gasteiger partial charge in [0.1, 0.15) is 11.6 Å². The number of halogens is 2. The number of carbonyl (C=O) groups excluding carboxylic acids is 2. The molecule has 1 heterocycles. The lowest BCUT2D eigenvalue weighted by Gasteiger charge is -2.21. The molecule has 132 valence electrons. The number of rotatable bonds is 3. The molecule has 0 bridgehead atoms. The minimum absolute atomic E-state index is 0.0504. The zero-order chi connectivity index (χ0) is 18.3. The Balaban J connectivity index is 1.79. The van der Waals surface area contributed by atoms with Crippen LogP contribution in [0.1, 0.15) is 41.1 Å². The first kappa shape index (κ1) is 17.2. The van der Waals surface area contributed by atoms with Crippen LogP contribution in [0, 0.1) is 5.82 Å². The molecule has 1 aliphatic heterocycles. The van der Waals surface area contributed by atoms with E-state index in [1.165, 1.54) is 6.07 Å². The molecule has 2 aromatic carbocycles. The van der Waals surface area contributed by atoms with E-state index in [9.17, 15) is 14.0 Å². The quantitative estimate of drug-likeness (QED) is 0.666. The molecule has 2 aromatic rings. The Morgan fingerprint density at radius 3 is 2.54 bits per heavy atom. The van der Waals surface area contributed by atoms with Gasteiger partial charge in [-0.3, -0.25) is 9.59 Å². The van der Waals surface area contributed by atoms with E-state index in [2.05, 4.69) is 15.9 Å².